The van der Waals surface area contributed by atoms with E-state index in [0.29, 0.717) is 0 Å². The molecule has 0 aromatic heterocycles. The van der Waals surface area contributed by atoms with Gasteiger partial charge in [0.1, 0.15) is 11.6 Å². The SMILES string of the molecule is OC(CCl)Cc1ccc(F)cc1F. The standard InChI is InChI=1S/C9H9ClF2O/c10-5-8(13)3-6-1-2-7(11)4-9(6)12/h1-2,4,8,13H,3,5H2. The number of aliphatic hydroxyl groups is 1. The van der Waals surface area contributed by atoms with Gasteiger partial charge >= 0.3 is 0 Å². The van der Waals surface area contributed by atoms with E-state index in [0.717, 1.165) is 12.1 Å². The Balaban J connectivity index is 2.77. The van der Waals surface area contributed by atoms with Gasteiger partial charge < -0.3 is 5.11 Å². The summed E-state index contributed by atoms with van der Waals surface area (Å²) < 4.78 is 25.4. The molecule has 1 N–H and O–H groups in total. The second-order valence-corrected chi connectivity index (χ2v) is 3.06. The van der Waals surface area contributed by atoms with Crippen LogP contribution in [0.2, 0.25) is 0 Å². The summed E-state index contributed by atoms with van der Waals surface area (Å²) in [6.45, 7) is 0. The summed E-state index contributed by atoms with van der Waals surface area (Å²) >= 11 is 5.34. The molecule has 0 radical (unpaired) electrons. The first-order valence-corrected chi connectivity index (χ1v) is 4.35. The molecule has 0 aliphatic rings. The summed E-state index contributed by atoms with van der Waals surface area (Å²) in [7, 11) is 0. The molecule has 0 aliphatic heterocycles. The van der Waals surface area contributed by atoms with Crippen LogP contribution in [0.15, 0.2) is 18.2 Å². The maximum absolute atomic E-state index is 13.0. The van der Waals surface area contributed by atoms with Gasteiger partial charge in [-0.05, 0) is 11.6 Å². The first-order chi connectivity index (χ1) is 6.13. The lowest BCUT2D eigenvalue weighted by Gasteiger charge is -2.07. The molecule has 13 heavy (non-hydrogen) atoms. The predicted molar refractivity (Wildman–Crippen MR) is 46.8 cm³/mol. The molecule has 1 nitrogen and oxygen atoms in total. The highest BCUT2D eigenvalue weighted by molar-refractivity contribution is 6.18. The molecule has 0 aliphatic carbocycles. The monoisotopic (exact) mass is 206 g/mol. The highest BCUT2D eigenvalue weighted by Gasteiger charge is 2.08. The lowest BCUT2D eigenvalue weighted by atomic mass is 10.1. The van der Waals surface area contributed by atoms with Crippen LogP contribution in [-0.4, -0.2) is 17.1 Å². The predicted octanol–water partition coefficient (Wildman–Crippen LogP) is 2.11. The molecule has 1 atom stereocenters. The average Bonchev–Trinajstić information content (AvgIpc) is 2.09. The van der Waals surface area contributed by atoms with Gasteiger partial charge in [-0.15, -0.1) is 11.6 Å². The fraction of sp³-hybridized carbons (Fsp3) is 0.333. The van der Waals surface area contributed by atoms with Crippen molar-refractivity contribution in [1.29, 1.82) is 0 Å². The molecule has 0 amide bonds. The minimum absolute atomic E-state index is 0.0385. The molecule has 0 saturated carbocycles. The highest BCUT2D eigenvalue weighted by atomic mass is 35.5. The Morgan fingerprint density at radius 1 is 1.38 bits per heavy atom. The van der Waals surface area contributed by atoms with Crippen LogP contribution < -0.4 is 0 Å². The van der Waals surface area contributed by atoms with Crippen LogP contribution in [0.1, 0.15) is 5.56 Å². The lowest BCUT2D eigenvalue weighted by molar-refractivity contribution is 0.197. The van der Waals surface area contributed by atoms with E-state index in [1.54, 1.807) is 0 Å². The van der Waals surface area contributed by atoms with Crippen LogP contribution in [0.3, 0.4) is 0 Å². The summed E-state index contributed by atoms with van der Waals surface area (Å²) in [5.74, 6) is -1.23. The van der Waals surface area contributed by atoms with Crippen LogP contribution in [0.25, 0.3) is 0 Å². The molecule has 0 bridgehead atoms. The van der Waals surface area contributed by atoms with Gasteiger partial charge in [0.05, 0.1) is 6.10 Å². The molecule has 4 heteroatoms. The number of hydrogen-bond donors (Lipinski definition) is 1. The second-order valence-electron chi connectivity index (χ2n) is 2.75. The molecule has 72 valence electrons. The van der Waals surface area contributed by atoms with E-state index in [1.807, 2.05) is 0 Å². The third-order valence-electron chi connectivity index (χ3n) is 1.65. The van der Waals surface area contributed by atoms with E-state index < -0.39 is 17.7 Å². The van der Waals surface area contributed by atoms with Gasteiger partial charge in [-0.2, -0.15) is 0 Å². The molecule has 1 aromatic rings. The molecular formula is C9H9ClF2O. The third kappa shape index (κ3) is 2.94. The fourth-order valence-electron chi connectivity index (χ4n) is 0.996. The number of rotatable bonds is 3. The quantitative estimate of drug-likeness (QED) is 0.751. The van der Waals surface area contributed by atoms with Crippen molar-refractivity contribution in [2.24, 2.45) is 0 Å². The van der Waals surface area contributed by atoms with Crippen molar-refractivity contribution >= 4 is 11.6 Å². The first-order valence-electron chi connectivity index (χ1n) is 3.81. The summed E-state index contributed by atoms with van der Waals surface area (Å²) in [6.07, 6.45) is -0.683. The van der Waals surface area contributed by atoms with Crippen molar-refractivity contribution in [3.8, 4) is 0 Å². The van der Waals surface area contributed by atoms with Gasteiger partial charge in [-0.25, -0.2) is 8.78 Å². The molecule has 1 unspecified atom stereocenters. The smallest absolute Gasteiger partial charge is 0.129 e. The minimum atomic E-state index is -0.790. The van der Waals surface area contributed by atoms with E-state index in [1.165, 1.54) is 6.07 Å². The van der Waals surface area contributed by atoms with Crippen LogP contribution in [0.5, 0.6) is 0 Å². The molecular weight excluding hydrogens is 198 g/mol. The number of halogens is 3. The lowest BCUT2D eigenvalue weighted by Crippen LogP contribution is -2.12. The van der Waals surface area contributed by atoms with Crippen LogP contribution in [0, 0.1) is 11.6 Å². The fourth-order valence-corrected chi connectivity index (χ4v) is 1.10. The highest BCUT2D eigenvalue weighted by Crippen LogP contribution is 2.12. The third-order valence-corrected chi connectivity index (χ3v) is 2.00. The molecule has 1 aromatic carbocycles. The molecule has 0 spiro atoms. The largest absolute Gasteiger partial charge is 0.392 e. The number of alkyl halides is 1. The van der Waals surface area contributed by atoms with Gasteiger partial charge in [-0.3, -0.25) is 0 Å². The van der Waals surface area contributed by atoms with Crippen LogP contribution >= 0.6 is 11.6 Å². The Kier molecular flexibility index (Phi) is 3.63. The Hall–Kier alpha value is -0.670. The van der Waals surface area contributed by atoms with Crippen molar-refractivity contribution in [1.82, 2.24) is 0 Å². The average molecular weight is 207 g/mol. The molecule has 0 fully saturated rings. The van der Waals surface area contributed by atoms with Crippen molar-refractivity contribution in [2.45, 2.75) is 12.5 Å². The number of hydrogen-bond acceptors (Lipinski definition) is 1. The summed E-state index contributed by atoms with van der Waals surface area (Å²) in [5, 5.41) is 9.11. The number of benzene rings is 1. The second kappa shape index (κ2) is 4.53. The normalized spacial score (nSPS) is 12.9. The minimum Gasteiger partial charge on any atom is -0.392 e. The van der Waals surface area contributed by atoms with Crippen molar-refractivity contribution in [2.75, 3.05) is 5.88 Å². The van der Waals surface area contributed by atoms with E-state index in [2.05, 4.69) is 0 Å². The van der Waals surface area contributed by atoms with E-state index >= 15 is 0 Å². The first kappa shape index (κ1) is 10.4. The van der Waals surface area contributed by atoms with Crippen LogP contribution in [-0.2, 0) is 6.42 Å². The zero-order chi connectivity index (χ0) is 9.84. The summed E-state index contributed by atoms with van der Waals surface area (Å²) in [4.78, 5) is 0. The van der Waals surface area contributed by atoms with Crippen molar-refractivity contribution in [3.05, 3.63) is 35.4 Å². The van der Waals surface area contributed by atoms with E-state index in [-0.39, 0.29) is 17.9 Å². The van der Waals surface area contributed by atoms with E-state index in [4.69, 9.17) is 16.7 Å². The van der Waals surface area contributed by atoms with Gasteiger partial charge in [0.2, 0.25) is 0 Å². The number of aliphatic hydroxyl groups excluding tert-OH is 1. The summed E-state index contributed by atoms with van der Waals surface area (Å²) in [6, 6.07) is 3.25. The Morgan fingerprint density at radius 2 is 2.08 bits per heavy atom. The zero-order valence-corrected chi connectivity index (χ0v) is 7.56. The molecule has 1 rings (SSSR count). The van der Waals surface area contributed by atoms with Gasteiger partial charge in [0.15, 0.2) is 0 Å². The van der Waals surface area contributed by atoms with Gasteiger partial charge in [0.25, 0.3) is 0 Å². The Bertz CT molecular complexity index is 291. The van der Waals surface area contributed by atoms with Crippen molar-refractivity contribution < 1.29 is 13.9 Å². The van der Waals surface area contributed by atoms with Crippen LogP contribution in [0.4, 0.5) is 8.78 Å². The maximum atomic E-state index is 13.0. The van der Waals surface area contributed by atoms with Gasteiger partial charge in [-0.1, -0.05) is 6.07 Å². The maximum Gasteiger partial charge on any atom is 0.129 e. The van der Waals surface area contributed by atoms with E-state index in [9.17, 15) is 8.78 Å². The van der Waals surface area contributed by atoms with Crippen molar-refractivity contribution in [3.63, 3.8) is 0 Å². The molecule has 0 saturated heterocycles. The van der Waals surface area contributed by atoms with Gasteiger partial charge in [0, 0.05) is 18.4 Å². The topological polar surface area (TPSA) is 20.2 Å². The zero-order valence-electron chi connectivity index (χ0n) is 6.80. The molecule has 0 heterocycles. The summed E-state index contributed by atoms with van der Waals surface area (Å²) in [5.41, 5.74) is 0.273. The Labute approximate surface area is 80.0 Å². The Morgan fingerprint density at radius 3 is 2.62 bits per heavy atom.